The summed E-state index contributed by atoms with van der Waals surface area (Å²) in [5.74, 6) is -1.84. The van der Waals surface area contributed by atoms with Crippen molar-refractivity contribution in [2.24, 2.45) is 0 Å². The molecule has 7 heteroatoms. The van der Waals surface area contributed by atoms with E-state index in [0.29, 0.717) is 0 Å². The first-order valence-electron chi connectivity index (χ1n) is 4.58. The SMILES string of the molecule is Nc1ccc(C(=O)OCCC(F)(F)F)cc1F. The van der Waals surface area contributed by atoms with E-state index in [2.05, 4.69) is 4.74 Å². The topological polar surface area (TPSA) is 52.3 Å². The normalized spacial score (nSPS) is 11.3. The lowest BCUT2D eigenvalue weighted by Crippen LogP contribution is -2.14. The molecule has 0 aliphatic carbocycles. The summed E-state index contributed by atoms with van der Waals surface area (Å²) in [5, 5.41) is 0. The van der Waals surface area contributed by atoms with E-state index in [0.717, 1.165) is 12.1 Å². The van der Waals surface area contributed by atoms with E-state index in [1.165, 1.54) is 6.07 Å². The fraction of sp³-hybridized carbons (Fsp3) is 0.300. The molecule has 17 heavy (non-hydrogen) atoms. The van der Waals surface area contributed by atoms with Gasteiger partial charge in [0, 0.05) is 0 Å². The van der Waals surface area contributed by atoms with Gasteiger partial charge in [0.2, 0.25) is 0 Å². The average molecular weight is 251 g/mol. The quantitative estimate of drug-likeness (QED) is 0.510. The number of rotatable bonds is 3. The molecule has 1 rings (SSSR count). The molecule has 0 saturated carbocycles. The maximum absolute atomic E-state index is 12.9. The van der Waals surface area contributed by atoms with Gasteiger partial charge >= 0.3 is 12.1 Å². The number of ether oxygens (including phenoxy) is 1. The Balaban J connectivity index is 2.56. The number of halogens is 4. The van der Waals surface area contributed by atoms with E-state index in [4.69, 9.17) is 5.73 Å². The van der Waals surface area contributed by atoms with Gasteiger partial charge in [-0.1, -0.05) is 0 Å². The average Bonchev–Trinajstić information content (AvgIpc) is 2.20. The highest BCUT2D eigenvalue weighted by atomic mass is 19.4. The van der Waals surface area contributed by atoms with Crippen LogP contribution in [0.4, 0.5) is 23.2 Å². The summed E-state index contributed by atoms with van der Waals surface area (Å²) in [7, 11) is 0. The van der Waals surface area contributed by atoms with Crippen molar-refractivity contribution >= 4 is 11.7 Å². The highest BCUT2D eigenvalue weighted by Gasteiger charge is 2.27. The summed E-state index contributed by atoms with van der Waals surface area (Å²) < 4.78 is 52.5. The fourth-order valence-electron chi connectivity index (χ4n) is 0.997. The van der Waals surface area contributed by atoms with Crippen LogP contribution in [0.3, 0.4) is 0 Å². The van der Waals surface area contributed by atoms with Crippen molar-refractivity contribution in [2.75, 3.05) is 12.3 Å². The molecule has 0 aromatic heterocycles. The molecule has 1 aromatic carbocycles. The van der Waals surface area contributed by atoms with Crippen LogP contribution in [0.1, 0.15) is 16.8 Å². The number of hydrogen-bond donors (Lipinski definition) is 1. The van der Waals surface area contributed by atoms with Crippen LogP contribution in [0.5, 0.6) is 0 Å². The number of anilines is 1. The number of benzene rings is 1. The second-order valence-corrected chi connectivity index (χ2v) is 3.24. The molecule has 0 radical (unpaired) electrons. The lowest BCUT2D eigenvalue weighted by Gasteiger charge is -2.07. The zero-order chi connectivity index (χ0) is 13.1. The molecule has 0 unspecified atom stereocenters. The third kappa shape index (κ3) is 4.29. The van der Waals surface area contributed by atoms with Crippen LogP contribution in [0.25, 0.3) is 0 Å². The zero-order valence-corrected chi connectivity index (χ0v) is 8.55. The van der Waals surface area contributed by atoms with E-state index in [-0.39, 0.29) is 11.3 Å². The number of esters is 1. The van der Waals surface area contributed by atoms with Crippen molar-refractivity contribution in [3.05, 3.63) is 29.6 Å². The number of nitrogen functional groups attached to an aromatic ring is 1. The minimum absolute atomic E-state index is 0.156. The van der Waals surface area contributed by atoms with E-state index >= 15 is 0 Å². The lowest BCUT2D eigenvalue weighted by atomic mass is 10.2. The Labute approximate surface area is 94.2 Å². The summed E-state index contributed by atoms with van der Waals surface area (Å²) in [6, 6.07) is 3.12. The van der Waals surface area contributed by atoms with Gasteiger partial charge in [-0.2, -0.15) is 13.2 Å². The Hall–Kier alpha value is -1.79. The number of nitrogens with two attached hydrogens (primary N) is 1. The Morgan fingerprint density at radius 1 is 1.35 bits per heavy atom. The predicted molar refractivity (Wildman–Crippen MR) is 51.8 cm³/mol. The van der Waals surface area contributed by atoms with Gasteiger partial charge in [0.25, 0.3) is 0 Å². The van der Waals surface area contributed by atoms with Gasteiger partial charge in [0.1, 0.15) is 12.4 Å². The van der Waals surface area contributed by atoms with E-state index in [9.17, 15) is 22.4 Å². The van der Waals surface area contributed by atoms with E-state index in [1.54, 1.807) is 0 Å². The smallest absolute Gasteiger partial charge is 0.392 e. The van der Waals surface area contributed by atoms with Gasteiger partial charge in [-0.15, -0.1) is 0 Å². The van der Waals surface area contributed by atoms with Gasteiger partial charge in [0.05, 0.1) is 17.7 Å². The van der Waals surface area contributed by atoms with Crippen molar-refractivity contribution < 1.29 is 27.1 Å². The Morgan fingerprint density at radius 2 is 2.00 bits per heavy atom. The summed E-state index contributed by atoms with van der Waals surface area (Å²) in [4.78, 5) is 11.2. The van der Waals surface area contributed by atoms with Crippen LogP contribution in [-0.4, -0.2) is 18.8 Å². The molecule has 0 aliphatic heterocycles. The van der Waals surface area contributed by atoms with Gasteiger partial charge < -0.3 is 10.5 Å². The first-order chi connectivity index (χ1) is 7.79. The molecular formula is C10H9F4NO2. The Kier molecular flexibility index (Phi) is 3.93. The third-order valence-corrected chi connectivity index (χ3v) is 1.85. The lowest BCUT2D eigenvalue weighted by molar-refractivity contribution is -0.141. The van der Waals surface area contributed by atoms with Crippen molar-refractivity contribution in [3.8, 4) is 0 Å². The van der Waals surface area contributed by atoms with Gasteiger partial charge in [0.15, 0.2) is 0 Å². The molecule has 2 N–H and O–H groups in total. The van der Waals surface area contributed by atoms with Crippen LogP contribution in [0.15, 0.2) is 18.2 Å². The molecule has 0 amide bonds. The summed E-state index contributed by atoms with van der Waals surface area (Å²) in [6.45, 7) is -0.797. The summed E-state index contributed by atoms with van der Waals surface area (Å²) in [6.07, 6.45) is -5.64. The van der Waals surface area contributed by atoms with Gasteiger partial charge in [-0.05, 0) is 18.2 Å². The van der Waals surface area contributed by atoms with Crippen LogP contribution in [0.2, 0.25) is 0 Å². The van der Waals surface area contributed by atoms with Crippen LogP contribution < -0.4 is 5.73 Å². The number of alkyl halides is 3. The molecule has 94 valence electrons. The molecular weight excluding hydrogens is 242 g/mol. The second-order valence-electron chi connectivity index (χ2n) is 3.24. The Morgan fingerprint density at radius 3 is 2.53 bits per heavy atom. The molecule has 0 fully saturated rings. The highest BCUT2D eigenvalue weighted by molar-refractivity contribution is 5.89. The largest absolute Gasteiger partial charge is 0.462 e. The standard InChI is InChI=1S/C10H9F4NO2/c11-7-5-6(1-2-8(7)15)9(16)17-4-3-10(12,13)14/h1-2,5H,3-4,15H2. The first-order valence-corrected chi connectivity index (χ1v) is 4.58. The summed E-state index contributed by atoms with van der Waals surface area (Å²) in [5.41, 5.74) is 4.83. The molecule has 0 saturated heterocycles. The molecule has 3 nitrogen and oxygen atoms in total. The Bertz CT molecular complexity index is 417. The van der Waals surface area contributed by atoms with Gasteiger partial charge in [-0.25, -0.2) is 9.18 Å². The van der Waals surface area contributed by atoms with Gasteiger partial charge in [-0.3, -0.25) is 0 Å². The minimum atomic E-state index is -4.40. The highest BCUT2D eigenvalue weighted by Crippen LogP contribution is 2.19. The first kappa shape index (κ1) is 13.3. The van der Waals surface area contributed by atoms with Crippen LogP contribution in [-0.2, 0) is 4.74 Å². The van der Waals surface area contributed by atoms with Crippen molar-refractivity contribution in [1.82, 2.24) is 0 Å². The maximum Gasteiger partial charge on any atom is 0.392 e. The minimum Gasteiger partial charge on any atom is -0.462 e. The van der Waals surface area contributed by atoms with E-state index < -0.39 is 31.0 Å². The predicted octanol–water partition coefficient (Wildman–Crippen LogP) is 2.52. The molecule has 0 bridgehead atoms. The molecule has 0 atom stereocenters. The second kappa shape index (κ2) is 5.03. The number of hydrogen-bond acceptors (Lipinski definition) is 3. The number of carbonyl (C=O) groups is 1. The third-order valence-electron chi connectivity index (χ3n) is 1.85. The van der Waals surface area contributed by atoms with Crippen molar-refractivity contribution in [1.29, 1.82) is 0 Å². The van der Waals surface area contributed by atoms with Crippen LogP contribution in [0, 0.1) is 5.82 Å². The van der Waals surface area contributed by atoms with Crippen LogP contribution >= 0.6 is 0 Å². The molecule has 0 heterocycles. The number of carbonyl (C=O) groups excluding carboxylic acids is 1. The molecule has 0 spiro atoms. The van der Waals surface area contributed by atoms with E-state index in [1.807, 2.05) is 0 Å². The fourth-order valence-corrected chi connectivity index (χ4v) is 0.997. The molecule has 0 aliphatic rings. The maximum atomic E-state index is 12.9. The zero-order valence-electron chi connectivity index (χ0n) is 8.55. The monoisotopic (exact) mass is 251 g/mol. The molecule has 1 aromatic rings. The van der Waals surface area contributed by atoms with Crippen molar-refractivity contribution in [3.63, 3.8) is 0 Å². The summed E-state index contributed by atoms with van der Waals surface area (Å²) >= 11 is 0. The van der Waals surface area contributed by atoms with Crippen molar-refractivity contribution in [2.45, 2.75) is 12.6 Å².